The van der Waals surface area contributed by atoms with E-state index in [4.69, 9.17) is 4.74 Å². The number of nitro groups is 1. The fourth-order valence-corrected chi connectivity index (χ4v) is 3.27. The maximum atomic E-state index is 12.0. The Morgan fingerprint density at radius 2 is 2.14 bits per heavy atom. The molecule has 1 aliphatic rings. The molecule has 1 N–H and O–H groups in total. The number of amides is 1. The Hall–Kier alpha value is -2.97. The molecule has 3 rings (SSSR count). The first-order chi connectivity index (χ1) is 13.2. The summed E-state index contributed by atoms with van der Waals surface area (Å²) < 4.78 is 5.31. The summed E-state index contributed by atoms with van der Waals surface area (Å²) in [5.41, 5.74) is 0.542. The first-order valence-electron chi connectivity index (χ1n) is 9.37. The van der Waals surface area contributed by atoms with Crippen LogP contribution in [0.5, 0.6) is 0 Å². The number of nitrogens with one attached hydrogen (secondary N) is 1. The summed E-state index contributed by atoms with van der Waals surface area (Å²) in [5.74, 6) is 0.706. The Morgan fingerprint density at radius 3 is 2.86 bits per heavy atom. The smallest absolute Gasteiger partial charge is 0.407 e. The van der Waals surface area contributed by atoms with E-state index in [-0.39, 0.29) is 11.7 Å². The van der Waals surface area contributed by atoms with Crippen LogP contribution in [-0.2, 0) is 4.74 Å². The first-order valence-corrected chi connectivity index (χ1v) is 9.37. The average Bonchev–Trinajstić information content (AvgIpc) is 2.64. The molecule has 28 heavy (non-hydrogen) atoms. The fourth-order valence-electron chi connectivity index (χ4n) is 3.27. The molecule has 1 atom stereocenters. The van der Waals surface area contributed by atoms with Crippen LogP contribution in [0.4, 0.5) is 16.3 Å². The minimum atomic E-state index is -0.539. The number of non-ortho nitro benzene ring substituents is 1. The fraction of sp³-hybridized carbons (Fsp3) is 0.526. The monoisotopic (exact) mass is 387 g/mol. The molecule has 0 aliphatic carbocycles. The molecule has 1 amide bonds. The van der Waals surface area contributed by atoms with Crippen LogP contribution >= 0.6 is 0 Å². The molecule has 0 unspecified atom stereocenters. The molecule has 2 heterocycles. The zero-order valence-corrected chi connectivity index (χ0v) is 16.3. The van der Waals surface area contributed by atoms with E-state index < -0.39 is 16.6 Å². The minimum Gasteiger partial charge on any atom is -0.444 e. The van der Waals surface area contributed by atoms with Crippen LogP contribution in [0.2, 0.25) is 0 Å². The van der Waals surface area contributed by atoms with Gasteiger partial charge < -0.3 is 15.0 Å². The van der Waals surface area contributed by atoms with Gasteiger partial charge in [0.1, 0.15) is 11.4 Å². The van der Waals surface area contributed by atoms with Crippen LogP contribution in [-0.4, -0.2) is 45.7 Å². The standard InChI is InChI=1S/C19H25N5O4/c1-19(2,3)28-18(25)21-11-14-6-4-5-9-23(14)17-12-20-16-10-13(24(26)27)7-8-15(16)22-17/h7-8,10,12,14H,4-6,9,11H2,1-3H3,(H,21,25)/t14-/m1/s1. The number of hydrogen-bond donors (Lipinski definition) is 1. The molecule has 1 aromatic heterocycles. The molecule has 1 aliphatic heterocycles. The van der Waals surface area contributed by atoms with Crippen molar-refractivity contribution in [3.8, 4) is 0 Å². The van der Waals surface area contributed by atoms with Crippen molar-refractivity contribution in [1.29, 1.82) is 0 Å². The Labute approximate surface area is 163 Å². The van der Waals surface area contributed by atoms with Gasteiger partial charge in [0.15, 0.2) is 0 Å². The number of hydrogen-bond acceptors (Lipinski definition) is 7. The Kier molecular flexibility index (Phi) is 5.62. The van der Waals surface area contributed by atoms with Crippen LogP contribution in [0, 0.1) is 10.1 Å². The van der Waals surface area contributed by atoms with E-state index in [1.807, 2.05) is 20.8 Å². The molecule has 0 bridgehead atoms. The van der Waals surface area contributed by atoms with Crippen molar-refractivity contribution in [2.45, 2.75) is 51.7 Å². The summed E-state index contributed by atoms with van der Waals surface area (Å²) in [6.45, 7) is 6.75. The highest BCUT2D eigenvalue weighted by atomic mass is 16.6. The molecule has 0 radical (unpaired) electrons. The van der Waals surface area contributed by atoms with Gasteiger partial charge in [-0.25, -0.2) is 9.78 Å². The third-order valence-electron chi connectivity index (χ3n) is 4.53. The lowest BCUT2D eigenvalue weighted by Crippen LogP contribution is -2.48. The van der Waals surface area contributed by atoms with Crippen molar-refractivity contribution in [2.24, 2.45) is 0 Å². The second-order valence-corrected chi connectivity index (χ2v) is 7.88. The Morgan fingerprint density at radius 1 is 1.36 bits per heavy atom. The van der Waals surface area contributed by atoms with E-state index in [0.29, 0.717) is 23.4 Å². The largest absolute Gasteiger partial charge is 0.444 e. The van der Waals surface area contributed by atoms with E-state index in [2.05, 4.69) is 20.2 Å². The van der Waals surface area contributed by atoms with Crippen LogP contribution in [0.1, 0.15) is 40.0 Å². The quantitative estimate of drug-likeness (QED) is 0.632. The van der Waals surface area contributed by atoms with Gasteiger partial charge in [-0.05, 0) is 46.1 Å². The normalized spacial score (nSPS) is 17.4. The van der Waals surface area contributed by atoms with Crippen LogP contribution in [0.3, 0.4) is 0 Å². The van der Waals surface area contributed by atoms with Gasteiger partial charge in [-0.1, -0.05) is 0 Å². The highest BCUT2D eigenvalue weighted by Gasteiger charge is 2.26. The van der Waals surface area contributed by atoms with Crippen molar-refractivity contribution in [3.05, 3.63) is 34.5 Å². The number of alkyl carbamates (subject to hydrolysis) is 1. The summed E-state index contributed by atoms with van der Waals surface area (Å²) >= 11 is 0. The predicted octanol–water partition coefficient (Wildman–Crippen LogP) is 3.42. The van der Waals surface area contributed by atoms with E-state index in [0.717, 1.165) is 25.8 Å². The van der Waals surface area contributed by atoms with E-state index in [1.54, 1.807) is 12.3 Å². The lowest BCUT2D eigenvalue weighted by atomic mass is 10.0. The first kappa shape index (κ1) is 19.8. The lowest BCUT2D eigenvalue weighted by Gasteiger charge is -2.36. The van der Waals surface area contributed by atoms with Crippen molar-refractivity contribution >= 4 is 28.6 Å². The number of fused-ring (bicyclic) bond motifs is 1. The Bertz CT molecular complexity index is 880. The summed E-state index contributed by atoms with van der Waals surface area (Å²) in [4.78, 5) is 33.6. The molecule has 2 aromatic rings. The van der Waals surface area contributed by atoms with Gasteiger partial charge in [-0.2, -0.15) is 0 Å². The number of carbonyl (C=O) groups excluding carboxylic acids is 1. The molecule has 1 fully saturated rings. The zero-order valence-electron chi connectivity index (χ0n) is 16.3. The number of nitrogens with zero attached hydrogens (tertiary/aromatic N) is 4. The van der Waals surface area contributed by atoms with Gasteiger partial charge >= 0.3 is 6.09 Å². The molecule has 0 saturated carbocycles. The van der Waals surface area contributed by atoms with Crippen LogP contribution in [0.25, 0.3) is 11.0 Å². The number of nitro benzene ring substituents is 1. The molecule has 9 heteroatoms. The Balaban J connectivity index is 1.75. The van der Waals surface area contributed by atoms with Gasteiger partial charge in [-0.3, -0.25) is 15.1 Å². The maximum absolute atomic E-state index is 12.0. The zero-order chi connectivity index (χ0) is 20.3. The highest BCUT2D eigenvalue weighted by molar-refractivity contribution is 5.78. The van der Waals surface area contributed by atoms with E-state index in [9.17, 15) is 14.9 Å². The summed E-state index contributed by atoms with van der Waals surface area (Å²) in [7, 11) is 0. The number of ether oxygens (including phenoxy) is 1. The van der Waals surface area contributed by atoms with Gasteiger partial charge in [-0.15, -0.1) is 0 Å². The number of benzene rings is 1. The van der Waals surface area contributed by atoms with Crippen LogP contribution in [0.15, 0.2) is 24.4 Å². The minimum absolute atomic E-state index is 0.00744. The lowest BCUT2D eigenvalue weighted by molar-refractivity contribution is -0.384. The summed E-state index contributed by atoms with van der Waals surface area (Å²) in [6.07, 6.45) is 4.23. The van der Waals surface area contributed by atoms with E-state index >= 15 is 0 Å². The number of rotatable bonds is 4. The molecular formula is C19H25N5O4. The SMILES string of the molecule is CC(C)(C)OC(=O)NC[C@H]1CCCCN1c1cnc2cc([N+](=O)[O-])ccc2n1. The topological polar surface area (TPSA) is 110 Å². The molecular weight excluding hydrogens is 362 g/mol. The van der Waals surface area contributed by atoms with Crippen molar-refractivity contribution < 1.29 is 14.5 Å². The summed E-state index contributed by atoms with van der Waals surface area (Å²) in [6, 6.07) is 4.55. The number of carbonyl (C=O) groups is 1. The van der Waals surface area contributed by atoms with Crippen molar-refractivity contribution in [3.63, 3.8) is 0 Å². The number of anilines is 1. The molecule has 150 valence electrons. The maximum Gasteiger partial charge on any atom is 0.407 e. The van der Waals surface area contributed by atoms with Gasteiger partial charge in [0.05, 0.1) is 22.2 Å². The highest BCUT2D eigenvalue weighted by Crippen LogP contribution is 2.25. The van der Waals surface area contributed by atoms with Crippen LogP contribution < -0.4 is 10.2 Å². The third-order valence-corrected chi connectivity index (χ3v) is 4.53. The number of aromatic nitrogens is 2. The number of piperidine rings is 1. The average molecular weight is 387 g/mol. The van der Waals surface area contributed by atoms with Gasteiger partial charge in [0, 0.05) is 31.3 Å². The van der Waals surface area contributed by atoms with Gasteiger partial charge in [0.25, 0.3) is 5.69 Å². The van der Waals surface area contributed by atoms with Crippen molar-refractivity contribution in [2.75, 3.05) is 18.0 Å². The summed E-state index contributed by atoms with van der Waals surface area (Å²) in [5, 5.41) is 13.8. The molecule has 1 saturated heterocycles. The second kappa shape index (κ2) is 7.95. The van der Waals surface area contributed by atoms with E-state index in [1.165, 1.54) is 12.1 Å². The molecule has 9 nitrogen and oxygen atoms in total. The molecule has 1 aromatic carbocycles. The molecule has 0 spiro atoms. The van der Waals surface area contributed by atoms with Crippen molar-refractivity contribution in [1.82, 2.24) is 15.3 Å². The predicted molar refractivity (Wildman–Crippen MR) is 105 cm³/mol. The second-order valence-electron chi connectivity index (χ2n) is 7.88. The van der Waals surface area contributed by atoms with Gasteiger partial charge in [0.2, 0.25) is 0 Å². The third kappa shape index (κ3) is 4.85.